The number of nitrogens with one attached hydrogen (secondary N) is 3. The zero-order valence-corrected chi connectivity index (χ0v) is 22.1. The number of fused-ring (bicyclic) bond motifs is 1. The second-order valence-corrected chi connectivity index (χ2v) is 9.29. The lowest BCUT2D eigenvalue weighted by Gasteiger charge is -2.32. The van der Waals surface area contributed by atoms with Crippen LogP contribution in [0.25, 0.3) is 22.5 Å². The highest BCUT2D eigenvalue weighted by molar-refractivity contribution is 6.08. The Kier molecular flexibility index (Phi) is 8.30. The summed E-state index contributed by atoms with van der Waals surface area (Å²) in [7, 11) is 3.56. The molecular formula is C26H33N9O4. The fourth-order valence-corrected chi connectivity index (χ4v) is 4.51. The summed E-state index contributed by atoms with van der Waals surface area (Å²) in [5.41, 5.74) is 2.75. The molecular weight excluding hydrogens is 502 g/mol. The van der Waals surface area contributed by atoms with Gasteiger partial charge in [0.15, 0.2) is 5.58 Å². The van der Waals surface area contributed by atoms with Crippen LogP contribution in [-0.2, 0) is 11.8 Å². The molecule has 1 amide bonds. The first kappa shape index (κ1) is 26.5. The van der Waals surface area contributed by atoms with E-state index >= 15 is 0 Å². The second-order valence-electron chi connectivity index (χ2n) is 9.29. The van der Waals surface area contributed by atoms with Gasteiger partial charge in [0.05, 0.1) is 30.2 Å². The molecule has 0 unspecified atom stereocenters. The number of hydrogen-bond acceptors (Lipinski definition) is 11. The van der Waals surface area contributed by atoms with Crippen LogP contribution in [0.4, 0.5) is 17.7 Å². The second kappa shape index (κ2) is 12.2. The van der Waals surface area contributed by atoms with E-state index in [0.29, 0.717) is 72.9 Å². The molecule has 5 heterocycles. The number of aryl methyl sites for hydroxylation is 1. The molecule has 1 aliphatic heterocycles. The number of aromatic nitrogens is 5. The highest BCUT2D eigenvalue weighted by Crippen LogP contribution is 2.29. The van der Waals surface area contributed by atoms with Crippen LogP contribution >= 0.6 is 0 Å². The van der Waals surface area contributed by atoms with E-state index in [1.165, 1.54) is 0 Å². The minimum absolute atomic E-state index is 0.0747. The zero-order chi connectivity index (χ0) is 27.2. The van der Waals surface area contributed by atoms with Crippen LogP contribution in [0.15, 0.2) is 41.1 Å². The summed E-state index contributed by atoms with van der Waals surface area (Å²) >= 11 is 0. The summed E-state index contributed by atoms with van der Waals surface area (Å²) in [5, 5.41) is 22.2. The number of rotatable bonds is 11. The van der Waals surface area contributed by atoms with E-state index in [1.54, 1.807) is 30.1 Å². The number of anilines is 3. The molecule has 0 aromatic carbocycles. The summed E-state index contributed by atoms with van der Waals surface area (Å²) in [4.78, 5) is 29.5. The van der Waals surface area contributed by atoms with E-state index in [-0.39, 0.29) is 18.6 Å². The topological polar surface area (TPSA) is 155 Å². The number of ether oxygens (including phenoxy) is 1. The minimum atomic E-state index is -0.344. The Balaban J connectivity index is 1.41. The van der Waals surface area contributed by atoms with E-state index in [2.05, 4.69) is 35.9 Å². The average molecular weight is 536 g/mol. The molecule has 1 fully saturated rings. The first-order chi connectivity index (χ1) is 19.0. The highest BCUT2D eigenvalue weighted by Gasteiger charge is 2.26. The summed E-state index contributed by atoms with van der Waals surface area (Å²) in [5.74, 6) is 0.617. The third-order valence-corrected chi connectivity index (χ3v) is 6.54. The van der Waals surface area contributed by atoms with Gasteiger partial charge in [-0.2, -0.15) is 10.1 Å². The maximum absolute atomic E-state index is 13.6. The predicted octanol–water partition coefficient (Wildman–Crippen LogP) is 1.88. The number of pyridine rings is 2. The molecule has 13 nitrogen and oxygen atoms in total. The monoisotopic (exact) mass is 535 g/mol. The zero-order valence-electron chi connectivity index (χ0n) is 22.1. The molecule has 39 heavy (non-hydrogen) atoms. The molecule has 0 bridgehead atoms. The Bertz CT molecular complexity index is 1410. The van der Waals surface area contributed by atoms with Gasteiger partial charge in [-0.1, -0.05) is 6.07 Å². The van der Waals surface area contributed by atoms with Crippen molar-refractivity contribution in [2.45, 2.75) is 18.9 Å². The standard InChI is InChI=1S/C26H33N9O4/c1-34-16-17(15-29-34)20-4-3-5-22(30-20)31-25(37)19-14-21-23(33-26(39-21)28-9-8-27-10-13-36)32-24(19)35-11-6-18(38-2)7-12-35/h3-5,14-16,18,27,36H,6-13H2,1-2H3,(H,28,32,33)(H,30,31,37). The number of piperidine rings is 1. The van der Waals surface area contributed by atoms with E-state index < -0.39 is 0 Å². The van der Waals surface area contributed by atoms with Gasteiger partial charge in [0.25, 0.3) is 11.9 Å². The molecule has 0 atom stereocenters. The average Bonchev–Trinajstić information content (AvgIpc) is 3.57. The molecule has 0 spiro atoms. The number of carbonyl (C=O) groups is 1. The quantitative estimate of drug-likeness (QED) is 0.208. The Morgan fingerprint density at radius 2 is 2.03 bits per heavy atom. The van der Waals surface area contributed by atoms with Crippen LogP contribution in [0, 0.1) is 0 Å². The van der Waals surface area contributed by atoms with Crippen molar-refractivity contribution in [1.29, 1.82) is 0 Å². The van der Waals surface area contributed by atoms with E-state index in [0.717, 1.165) is 18.4 Å². The summed E-state index contributed by atoms with van der Waals surface area (Å²) in [6.07, 6.45) is 5.44. The fraction of sp³-hybridized carbons (Fsp3) is 0.423. The first-order valence-electron chi connectivity index (χ1n) is 13.0. The van der Waals surface area contributed by atoms with Crippen LogP contribution in [-0.4, -0.2) is 88.3 Å². The van der Waals surface area contributed by atoms with Crippen LogP contribution in [0.1, 0.15) is 23.2 Å². The van der Waals surface area contributed by atoms with Crippen molar-refractivity contribution in [3.8, 4) is 11.3 Å². The fourth-order valence-electron chi connectivity index (χ4n) is 4.51. The first-order valence-corrected chi connectivity index (χ1v) is 13.0. The Morgan fingerprint density at radius 1 is 1.18 bits per heavy atom. The molecule has 4 aromatic heterocycles. The van der Waals surface area contributed by atoms with Crippen LogP contribution in [0.5, 0.6) is 0 Å². The number of carbonyl (C=O) groups excluding carboxylic acids is 1. The van der Waals surface area contributed by atoms with Crippen molar-refractivity contribution in [2.75, 3.05) is 62.0 Å². The van der Waals surface area contributed by atoms with Crippen molar-refractivity contribution in [3.63, 3.8) is 0 Å². The number of nitrogens with zero attached hydrogens (tertiary/aromatic N) is 6. The molecule has 206 valence electrons. The summed E-state index contributed by atoms with van der Waals surface area (Å²) in [6.45, 7) is 3.17. The van der Waals surface area contributed by atoms with Gasteiger partial charge in [-0.15, -0.1) is 0 Å². The molecule has 13 heteroatoms. The molecule has 0 saturated carbocycles. The van der Waals surface area contributed by atoms with Gasteiger partial charge < -0.3 is 35.1 Å². The normalized spacial score (nSPS) is 14.2. The van der Waals surface area contributed by atoms with E-state index in [9.17, 15) is 4.79 Å². The van der Waals surface area contributed by atoms with E-state index in [4.69, 9.17) is 19.2 Å². The van der Waals surface area contributed by atoms with Crippen molar-refractivity contribution in [3.05, 3.63) is 42.2 Å². The maximum atomic E-state index is 13.6. The van der Waals surface area contributed by atoms with E-state index in [1.807, 2.05) is 25.4 Å². The van der Waals surface area contributed by atoms with Crippen molar-refractivity contribution >= 4 is 34.8 Å². The van der Waals surface area contributed by atoms with Crippen LogP contribution in [0.3, 0.4) is 0 Å². The molecule has 0 aliphatic carbocycles. The molecule has 4 aromatic rings. The third-order valence-electron chi connectivity index (χ3n) is 6.54. The van der Waals surface area contributed by atoms with Crippen LogP contribution < -0.4 is 20.9 Å². The number of methoxy groups -OCH3 is 1. The molecule has 1 saturated heterocycles. The van der Waals surface area contributed by atoms with Gasteiger partial charge in [0, 0.05) is 64.7 Å². The molecule has 1 aliphatic rings. The van der Waals surface area contributed by atoms with Gasteiger partial charge in [0.1, 0.15) is 11.6 Å². The number of aliphatic hydroxyl groups is 1. The third kappa shape index (κ3) is 6.33. The summed E-state index contributed by atoms with van der Waals surface area (Å²) < 4.78 is 13.1. The minimum Gasteiger partial charge on any atom is -0.422 e. The Morgan fingerprint density at radius 3 is 2.77 bits per heavy atom. The maximum Gasteiger partial charge on any atom is 0.297 e. The Labute approximate surface area is 225 Å². The molecule has 4 N–H and O–H groups in total. The van der Waals surface area contributed by atoms with Crippen molar-refractivity contribution in [1.82, 2.24) is 30.0 Å². The van der Waals surface area contributed by atoms with Crippen molar-refractivity contribution < 1.29 is 19.1 Å². The summed E-state index contributed by atoms with van der Waals surface area (Å²) in [6, 6.07) is 7.45. The smallest absolute Gasteiger partial charge is 0.297 e. The predicted molar refractivity (Wildman–Crippen MR) is 147 cm³/mol. The number of aliphatic hydroxyl groups excluding tert-OH is 1. The Hall–Kier alpha value is -4.07. The molecule has 5 rings (SSSR count). The number of hydrogen-bond donors (Lipinski definition) is 4. The SMILES string of the molecule is COC1CCN(c2nc3nc(NCCNCCO)oc3cc2C(=O)Nc2cccc(-c3cnn(C)c3)n2)CC1. The molecule has 0 radical (unpaired) electrons. The highest BCUT2D eigenvalue weighted by atomic mass is 16.5. The lowest BCUT2D eigenvalue weighted by molar-refractivity contribution is 0.0817. The largest absolute Gasteiger partial charge is 0.422 e. The van der Waals surface area contributed by atoms with Gasteiger partial charge in [0.2, 0.25) is 5.65 Å². The van der Waals surface area contributed by atoms with Crippen LogP contribution in [0.2, 0.25) is 0 Å². The van der Waals surface area contributed by atoms with Gasteiger partial charge in [-0.05, 0) is 25.0 Å². The van der Waals surface area contributed by atoms with Crippen molar-refractivity contribution in [2.24, 2.45) is 7.05 Å². The number of oxazole rings is 1. The van der Waals surface area contributed by atoms with Gasteiger partial charge in [-0.25, -0.2) is 9.97 Å². The lowest BCUT2D eigenvalue weighted by atomic mass is 10.1. The van der Waals surface area contributed by atoms with Gasteiger partial charge >= 0.3 is 0 Å². The lowest BCUT2D eigenvalue weighted by Crippen LogP contribution is -2.38. The van der Waals surface area contributed by atoms with Gasteiger partial charge in [-0.3, -0.25) is 9.48 Å². The number of amides is 1.